The van der Waals surface area contributed by atoms with Crippen molar-refractivity contribution in [3.05, 3.63) is 71.2 Å². The van der Waals surface area contributed by atoms with Crippen LogP contribution in [0.1, 0.15) is 42.4 Å². The van der Waals surface area contributed by atoms with E-state index in [9.17, 15) is 5.11 Å². The first-order valence-corrected chi connectivity index (χ1v) is 10.6. The van der Waals surface area contributed by atoms with E-state index in [2.05, 4.69) is 30.9 Å². The second-order valence-electron chi connectivity index (χ2n) is 8.18. The minimum absolute atomic E-state index is 0.268. The summed E-state index contributed by atoms with van der Waals surface area (Å²) in [6, 6.07) is 15.7. The lowest BCUT2D eigenvalue weighted by Crippen LogP contribution is -2.25. The molecule has 0 atom stereocenters. The zero-order chi connectivity index (χ0) is 21.1. The summed E-state index contributed by atoms with van der Waals surface area (Å²) < 4.78 is 5.27. The molecule has 1 aliphatic heterocycles. The lowest BCUT2D eigenvalue weighted by molar-refractivity contribution is 0.279. The number of benzene rings is 2. The molecule has 0 amide bonds. The molecule has 0 aliphatic carbocycles. The largest absolute Gasteiger partial charge is 0.508 e. The second-order valence-corrected chi connectivity index (χ2v) is 8.18. The Morgan fingerprint density at radius 3 is 2.33 bits per heavy atom. The second kappa shape index (κ2) is 8.84. The Balaban J connectivity index is 1.61. The van der Waals surface area contributed by atoms with Gasteiger partial charge in [0.2, 0.25) is 0 Å². The number of methoxy groups -OCH3 is 1. The van der Waals surface area contributed by atoms with Crippen LogP contribution in [0.15, 0.2) is 48.5 Å². The van der Waals surface area contributed by atoms with E-state index in [1.807, 2.05) is 24.3 Å². The number of phenols is 1. The van der Waals surface area contributed by atoms with E-state index in [1.165, 1.54) is 11.1 Å². The Bertz CT molecular complexity index is 998. The molecule has 1 aromatic heterocycles. The van der Waals surface area contributed by atoms with Gasteiger partial charge < -0.3 is 9.84 Å². The Morgan fingerprint density at radius 1 is 0.967 bits per heavy atom. The standard InChI is InChI=1S/C25H29N3O2/c1-17(2)25-26-23-13-15-28(16-18-4-10-21(30-3)11-5-18)14-12-22(23)24(27-25)19-6-8-20(29)9-7-19/h4-11,17,29H,12-16H2,1-3H3. The van der Waals surface area contributed by atoms with Gasteiger partial charge in [0.25, 0.3) is 0 Å². The minimum atomic E-state index is 0.268. The molecule has 0 spiro atoms. The summed E-state index contributed by atoms with van der Waals surface area (Å²) >= 11 is 0. The van der Waals surface area contributed by atoms with Crippen LogP contribution in [-0.2, 0) is 19.4 Å². The topological polar surface area (TPSA) is 58.5 Å². The molecule has 0 fully saturated rings. The number of hydrogen-bond acceptors (Lipinski definition) is 5. The van der Waals surface area contributed by atoms with Gasteiger partial charge in [-0.2, -0.15) is 0 Å². The average molecular weight is 404 g/mol. The summed E-state index contributed by atoms with van der Waals surface area (Å²) in [6.45, 7) is 7.12. The molecule has 156 valence electrons. The Morgan fingerprint density at radius 2 is 1.67 bits per heavy atom. The highest BCUT2D eigenvalue weighted by Crippen LogP contribution is 2.29. The van der Waals surface area contributed by atoms with E-state index in [4.69, 9.17) is 14.7 Å². The SMILES string of the molecule is COc1ccc(CN2CCc3nc(C(C)C)nc(-c4ccc(O)cc4)c3CC2)cc1. The predicted octanol–water partition coefficient (Wildman–Crippen LogP) is 4.58. The molecule has 1 N–H and O–H groups in total. The molecule has 0 saturated carbocycles. The van der Waals surface area contributed by atoms with Crippen LogP contribution in [0.2, 0.25) is 0 Å². The van der Waals surface area contributed by atoms with Gasteiger partial charge >= 0.3 is 0 Å². The van der Waals surface area contributed by atoms with Crippen LogP contribution >= 0.6 is 0 Å². The van der Waals surface area contributed by atoms with Crippen molar-refractivity contribution in [3.63, 3.8) is 0 Å². The number of rotatable bonds is 5. The van der Waals surface area contributed by atoms with E-state index in [-0.39, 0.29) is 11.7 Å². The highest BCUT2D eigenvalue weighted by Gasteiger charge is 2.22. The molecule has 30 heavy (non-hydrogen) atoms. The van der Waals surface area contributed by atoms with E-state index in [0.717, 1.165) is 61.0 Å². The van der Waals surface area contributed by atoms with Gasteiger partial charge in [0.05, 0.1) is 12.8 Å². The minimum Gasteiger partial charge on any atom is -0.508 e. The molecule has 1 aliphatic rings. The zero-order valence-corrected chi connectivity index (χ0v) is 17.9. The molecule has 0 radical (unpaired) electrons. The smallest absolute Gasteiger partial charge is 0.131 e. The van der Waals surface area contributed by atoms with Crippen LogP contribution < -0.4 is 4.74 Å². The van der Waals surface area contributed by atoms with Gasteiger partial charge in [-0.05, 0) is 48.4 Å². The van der Waals surface area contributed by atoms with Gasteiger partial charge in [0, 0.05) is 48.8 Å². The molecule has 2 aromatic carbocycles. The summed E-state index contributed by atoms with van der Waals surface area (Å²) in [6.07, 6.45) is 1.83. The van der Waals surface area contributed by atoms with E-state index in [0.29, 0.717) is 0 Å². The Hall–Kier alpha value is -2.92. The maximum Gasteiger partial charge on any atom is 0.131 e. The molecule has 5 heteroatoms. The third-order valence-corrected chi connectivity index (χ3v) is 5.68. The molecule has 0 bridgehead atoms. The van der Waals surface area contributed by atoms with Gasteiger partial charge in [-0.1, -0.05) is 26.0 Å². The summed E-state index contributed by atoms with van der Waals surface area (Å²) in [5.74, 6) is 2.32. The van der Waals surface area contributed by atoms with E-state index in [1.54, 1.807) is 19.2 Å². The van der Waals surface area contributed by atoms with Crippen LogP contribution in [0, 0.1) is 0 Å². The number of ether oxygens (including phenoxy) is 1. The van der Waals surface area contributed by atoms with Gasteiger partial charge in [0.15, 0.2) is 0 Å². The monoisotopic (exact) mass is 403 g/mol. The fraction of sp³-hybridized carbons (Fsp3) is 0.360. The number of phenolic OH excluding ortho intramolecular Hbond substituents is 1. The summed E-state index contributed by atoms with van der Waals surface area (Å²) in [5, 5.41) is 9.69. The van der Waals surface area contributed by atoms with Crippen molar-refractivity contribution < 1.29 is 9.84 Å². The number of hydrogen-bond donors (Lipinski definition) is 1. The van der Waals surface area contributed by atoms with Gasteiger partial charge in [-0.25, -0.2) is 9.97 Å². The number of nitrogens with zero attached hydrogens (tertiary/aromatic N) is 3. The maximum absolute atomic E-state index is 9.69. The molecule has 5 nitrogen and oxygen atoms in total. The first-order chi connectivity index (χ1) is 14.5. The van der Waals surface area contributed by atoms with Crippen molar-refractivity contribution in [2.45, 2.75) is 39.2 Å². The molecule has 2 heterocycles. The normalized spacial score (nSPS) is 14.4. The third-order valence-electron chi connectivity index (χ3n) is 5.68. The summed E-state index contributed by atoms with van der Waals surface area (Å²) in [5.41, 5.74) is 5.73. The molecular weight excluding hydrogens is 374 g/mol. The first-order valence-electron chi connectivity index (χ1n) is 10.6. The zero-order valence-electron chi connectivity index (χ0n) is 17.9. The lowest BCUT2D eigenvalue weighted by atomic mass is 10.00. The van der Waals surface area contributed by atoms with Crippen molar-refractivity contribution in [1.82, 2.24) is 14.9 Å². The van der Waals surface area contributed by atoms with Crippen molar-refractivity contribution >= 4 is 0 Å². The fourth-order valence-corrected chi connectivity index (χ4v) is 3.93. The molecule has 3 aromatic rings. The van der Waals surface area contributed by atoms with Crippen molar-refractivity contribution in [2.24, 2.45) is 0 Å². The van der Waals surface area contributed by atoms with Gasteiger partial charge in [-0.15, -0.1) is 0 Å². The highest BCUT2D eigenvalue weighted by atomic mass is 16.5. The van der Waals surface area contributed by atoms with Crippen LogP contribution in [-0.4, -0.2) is 40.2 Å². The van der Waals surface area contributed by atoms with Crippen molar-refractivity contribution in [2.75, 3.05) is 20.2 Å². The van der Waals surface area contributed by atoms with Crippen LogP contribution in [0.25, 0.3) is 11.3 Å². The van der Waals surface area contributed by atoms with Gasteiger partial charge in [-0.3, -0.25) is 4.90 Å². The van der Waals surface area contributed by atoms with E-state index >= 15 is 0 Å². The molecule has 0 saturated heterocycles. The van der Waals surface area contributed by atoms with Crippen LogP contribution in [0.4, 0.5) is 0 Å². The lowest BCUT2D eigenvalue weighted by Gasteiger charge is -2.19. The third kappa shape index (κ3) is 4.46. The Kier molecular flexibility index (Phi) is 6.00. The Labute approximate surface area is 178 Å². The van der Waals surface area contributed by atoms with Crippen molar-refractivity contribution in [3.8, 4) is 22.8 Å². The van der Waals surface area contributed by atoms with E-state index < -0.39 is 0 Å². The fourth-order valence-electron chi connectivity index (χ4n) is 3.93. The first kappa shape index (κ1) is 20.4. The van der Waals surface area contributed by atoms with Gasteiger partial charge in [0.1, 0.15) is 17.3 Å². The predicted molar refractivity (Wildman–Crippen MR) is 119 cm³/mol. The quantitative estimate of drug-likeness (QED) is 0.676. The van der Waals surface area contributed by atoms with Crippen molar-refractivity contribution in [1.29, 1.82) is 0 Å². The maximum atomic E-state index is 9.69. The number of fused-ring (bicyclic) bond motifs is 1. The summed E-state index contributed by atoms with van der Waals surface area (Å²) in [4.78, 5) is 12.4. The molecule has 4 rings (SSSR count). The molecule has 0 unspecified atom stereocenters. The molecular formula is C25H29N3O2. The summed E-state index contributed by atoms with van der Waals surface area (Å²) in [7, 11) is 1.69. The number of aromatic hydroxyl groups is 1. The van der Waals surface area contributed by atoms with Crippen LogP contribution in [0.5, 0.6) is 11.5 Å². The number of aromatic nitrogens is 2. The average Bonchev–Trinajstić information content (AvgIpc) is 2.96. The highest BCUT2D eigenvalue weighted by molar-refractivity contribution is 5.65. The van der Waals surface area contributed by atoms with Crippen LogP contribution in [0.3, 0.4) is 0 Å².